The molecule has 0 aliphatic heterocycles. The summed E-state index contributed by atoms with van der Waals surface area (Å²) >= 11 is 0. The first-order valence-electron chi connectivity index (χ1n) is 8.92. The molecule has 0 aromatic heterocycles. The number of carboxylic acid groups (broad SMARTS) is 1. The van der Waals surface area contributed by atoms with Gasteiger partial charge in [-0.1, -0.05) is 24.0 Å². The first-order chi connectivity index (χ1) is 14.3. The van der Waals surface area contributed by atoms with Crippen molar-refractivity contribution in [3.8, 4) is 17.6 Å². The number of methoxy groups -OCH3 is 1. The number of rotatable bonds is 5. The highest BCUT2D eigenvalue weighted by atomic mass is 32.2. The standard InChI is InChI=1S/C23H19NO5S/c1-16-15-20(29-2)13-14-22(16)30(27,28)24-21-6-4-3-5-18(21)10-7-17-8-11-19(12-9-17)23(25)26/h3-6,8-9,11-15,24H,1-2H3,(H,25,26). The maximum absolute atomic E-state index is 12.9. The van der Waals surface area contributed by atoms with Gasteiger partial charge in [-0.3, -0.25) is 4.72 Å². The normalized spacial score (nSPS) is 10.6. The number of hydrogen-bond donors (Lipinski definition) is 2. The van der Waals surface area contributed by atoms with E-state index in [1.807, 2.05) is 0 Å². The molecule has 30 heavy (non-hydrogen) atoms. The molecule has 0 heterocycles. The van der Waals surface area contributed by atoms with Gasteiger partial charge in [-0.25, -0.2) is 13.2 Å². The smallest absolute Gasteiger partial charge is 0.335 e. The molecule has 0 fully saturated rings. The van der Waals surface area contributed by atoms with Gasteiger partial charge in [0.25, 0.3) is 10.0 Å². The van der Waals surface area contributed by atoms with Crippen LogP contribution in [-0.4, -0.2) is 26.6 Å². The van der Waals surface area contributed by atoms with E-state index in [2.05, 4.69) is 16.6 Å². The van der Waals surface area contributed by atoms with E-state index >= 15 is 0 Å². The number of ether oxygens (including phenoxy) is 1. The van der Waals surface area contributed by atoms with Crippen LogP contribution in [0, 0.1) is 18.8 Å². The second-order valence-electron chi connectivity index (χ2n) is 6.42. The summed E-state index contributed by atoms with van der Waals surface area (Å²) in [5.41, 5.74) is 2.19. The van der Waals surface area contributed by atoms with Gasteiger partial charge in [0.15, 0.2) is 0 Å². The Morgan fingerprint density at radius 1 is 1.00 bits per heavy atom. The minimum absolute atomic E-state index is 0.148. The van der Waals surface area contributed by atoms with Crippen LogP contribution in [0.4, 0.5) is 5.69 Å². The fraction of sp³-hybridized carbons (Fsp3) is 0.0870. The summed E-state index contributed by atoms with van der Waals surface area (Å²) in [6, 6.07) is 17.7. The zero-order valence-corrected chi connectivity index (χ0v) is 17.2. The van der Waals surface area contributed by atoms with E-state index in [-0.39, 0.29) is 10.5 Å². The van der Waals surface area contributed by atoms with Crippen LogP contribution in [0.5, 0.6) is 5.75 Å². The third-order valence-electron chi connectivity index (χ3n) is 4.32. The van der Waals surface area contributed by atoms with Gasteiger partial charge in [0.05, 0.1) is 23.3 Å². The monoisotopic (exact) mass is 421 g/mol. The number of aryl methyl sites for hydroxylation is 1. The second-order valence-corrected chi connectivity index (χ2v) is 8.07. The lowest BCUT2D eigenvalue weighted by Crippen LogP contribution is -2.15. The number of sulfonamides is 1. The maximum atomic E-state index is 12.9. The van der Waals surface area contributed by atoms with Crippen molar-refractivity contribution in [1.29, 1.82) is 0 Å². The number of para-hydroxylation sites is 1. The molecule has 3 aromatic carbocycles. The van der Waals surface area contributed by atoms with Crippen LogP contribution in [0.1, 0.15) is 27.0 Å². The molecule has 0 aliphatic carbocycles. The van der Waals surface area contributed by atoms with Gasteiger partial charge in [-0.15, -0.1) is 0 Å². The molecule has 152 valence electrons. The molecule has 0 bridgehead atoms. The molecule has 0 atom stereocenters. The van der Waals surface area contributed by atoms with Gasteiger partial charge in [0.1, 0.15) is 5.75 Å². The Morgan fingerprint density at radius 3 is 2.33 bits per heavy atom. The molecule has 0 saturated carbocycles. The minimum atomic E-state index is -3.83. The molecule has 3 rings (SSSR count). The molecule has 0 unspecified atom stereocenters. The molecule has 0 spiro atoms. The van der Waals surface area contributed by atoms with Crippen LogP contribution < -0.4 is 9.46 Å². The molecule has 0 radical (unpaired) electrons. The van der Waals surface area contributed by atoms with Crippen LogP contribution in [-0.2, 0) is 10.0 Å². The van der Waals surface area contributed by atoms with Crippen molar-refractivity contribution in [2.75, 3.05) is 11.8 Å². The van der Waals surface area contributed by atoms with Crippen molar-refractivity contribution in [3.05, 3.63) is 89.0 Å². The predicted molar refractivity (Wildman–Crippen MR) is 114 cm³/mol. The van der Waals surface area contributed by atoms with Crippen molar-refractivity contribution in [1.82, 2.24) is 0 Å². The van der Waals surface area contributed by atoms with E-state index in [1.165, 1.54) is 25.3 Å². The number of carboxylic acids is 1. The van der Waals surface area contributed by atoms with E-state index in [0.29, 0.717) is 28.1 Å². The lowest BCUT2D eigenvalue weighted by Gasteiger charge is -2.12. The first-order valence-corrected chi connectivity index (χ1v) is 10.4. The van der Waals surface area contributed by atoms with Crippen LogP contribution in [0.3, 0.4) is 0 Å². The average molecular weight is 421 g/mol. The largest absolute Gasteiger partial charge is 0.497 e. The lowest BCUT2D eigenvalue weighted by atomic mass is 10.1. The summed E-state index contributed by atoms with van der Waals surface area (Å²) in [6.07, 6.45) is 0. The lowest BCUT2D eigenvalue weighted by molar-refractivity contribution is 0.0697. The number of aromatic carboxylic acids is 1. The van der Waals surface area contributed by atoms with E-state index in [9.17, 15) is 13.2 Å². The Labute approximate surface area is 175 Å². The summed E-state index contributed by atoms with van der Waals surface area (Å²) in [4.78, 5) is 11.1. The Balaban J connectivity index is 1.90. The average Bonchev–Trinajstić information content (AvgIpc) is 2.72. The Morgan fingerprint density at radius 2 is 1.70 bits per heavy atom. The quantitative estimate of drug-likeness (QED) is 0.610. The van der Waals surface area contributed by atoms with Crippen LogP contribution in [0.25, 0.3) is 0 Å². The van der Waals surface area contributed by atoms with E-state index in [1.54, 1.807) is 55.5 Å². The third-order valence-corrected chi connectivity index (χ3v) is 5.84. The highest BCUT2D eigenvalue weighted by Gasteiger charge is 2.18. The van der Waals surface area contributed by atoms with Crippen LogP contribution in [0.15, 0.2) is 71.6 Å². The predicted octanol–water partition coefficient (Wildman–Crippen LogP) is 3.90. The van der Waals surface area contributed by atoms with Gasteiger partial charge in [-0.2, -0.15) is 0 Å². The molecule has 2 N–H and O–H groups in total. The first kappa shape index (κ1) is 21.0. The third kappa shape index (κ3) is 4.80. The van der Waals surface area contributed by atoms with Crippen molar-refractivity contribution < 1.29 is 23.1 Å². The molecule has 7 heteroatoms. The molecular formula is C23H19NO5S. The second kappa shape index (κ2) is 8.72. The highest BCUT2D eigenvalue weighted by Crippen LogP contribution is 2.24. The van der Waals surface area contributed by atoms with Gasteiger partial charge in [0.2, 0.25) is 0 Å². The van der Waals surface area contributed by atoms with Gasteiger partial charge in [-0.05, 0) is 67.1 Å². The summed E-state index contributed by atoms with van der Waals surface area (Å²) in [6.45, 7) is 1.70. The molecule has 3 aromatic rings. The van der Waals surface area contributed by atoms with Gasteiger partial charge >= 0.3 is 5.97 Å². The maximum Gasteiger partial charge on any atom is 0.335 e. The van der Waals surface area contributed by atoms with Crippen LogP contribution >= 0.6 is 0 Å². The number of benzene rings is 3. The minimum Gasteiger partial charge on any atom is -0.497 e. The van der Waals surface area contributed by atoms with Gasteiger partial charge < -0.3 is 9.84 Å². The molecule has 0 amide bonds. The SMILES string of the molecule is COc1ccc(S(=O)(=O)Nc2ccccc2C#Cc2ccc(C(=O)O)cc2)c(C)c1. The number of anilines is 1. The Kier molecular flexibility index (Phi) is 6.09. The topological polar surface area (TPSA) is 92.7 Å². The van der Waals surface area contributed by atoms with Crippen molar-refractivity contribution in [3.63, 3.8) is 0 Å². The van der Waals surface area contributed by atoms with Crippen molar-refractivity contribution >= 4 is 21.7 Å². The fourth-order valence-corrected chi connectivity index (χ4v) is 4.07. The Hall–Kier alpha value is -3.76. The zero-order chi connectivity index (χ0) is 21.7. The fourth-order valence-electron chi connectivity index (χ4n) is 2.77. The van der Waals surface area contributed by atoms with E-state index in [0.717, 1.165) is 0 Å². The van der Waals surface area contributed by atoms with E-state index < -0.39 is 16.0 Å². The van der Waals surface area contributed by atoms with Crippen LogP contribution in [0.2, 0.25) is 0 Å². The zero-order valence-electron chi connectivity index (χ0n) is 16.3. The Bertz CT molecular complexity index is 1250. The van der Waals surface area contributed by atoms with E-state index in [4.69, 9.17) is 9.84 Å². The summed E-state index contributed by atoms with van der Waals surface area (Å²) in [5.74, 6) is 5.43. The highest BCUT2D eigenvalue weighted by molar-refractivity contribution is 7.92. The molecule has 0 aliphatic rings. The van der Waals surface area contributed by atoms with Crippen molar-refractivity contribution in [2.24, 2.45) is 0 Å². The summed E-state index contributed by atoms with van der Waals surface area (Å²) in [7, 11) is -2.31. The molecule has 0 saturated heterocycles. The molecular weight excluding hydrogens is 402 g/mol. The number of carbonyl (C=O) groups is 1. The number of nitrogens with one attached hydrogen (secondary N) is 1. The molecule has 6 nitrogen and oxygen atoms in total. The summed E-state index contributed by atoms with van der Waals surface area (Å²) in [5, 5.41) is 8.96. The van der Waals surface area contributed by atoms with Crippen molar-refractivity contribution in [2.45, 2.75) is 11.8 Å². The number of hydrogen-bond acceptors (Lipinski definition) is 4. The summed E-state index contributed by atoms with van der Waals surface area (Å²) < 4.78 is 33.5. The van der Waals surface area contributed by atoms with Gasteiger partial charge in [0, 0.05) is 11.1 Å².